The van der Waals surface area contributed by atoms with Gasteiger partial charge < -0.3 is 20.2 Å². The molecule has 0 bridgehead atoms. The van der Waals surface area contributed by atoms with Crippen LogP contribution in [0.2, 0.25) is 0 Å². The van der Waals surface area contributed by atoms with Crippen LogP contribution in [0.25, 0.3) is 11.0 Å². The van der Waals surface area contributed by atoms with Crippen molar-refractivity contribution in [1.29, 1.82) is 0 Å². The van der Waals surface area contributed by atoms with Gasteiger partial charge in [-0.15, -0.1) is 0 Å². The predicted octanol–water partition coefficient (Wildman–Crippen LogP) is 2.73. The van der Waals surface area contributed by atoms with Crippen molar-refractivity contribution in [1.82, 2.24) is 9.97 Å². The SMILES string of the molecule is COc1ccc2nc(COc3ccc(N)cc3)[nH]c2c1. The van der Waals surface area contributed by atoms with Crippen LogP contribution in [0, 0.1) is 0 Å². The average molecular weight is 269 g/mol. The number of rotatable bonds is 4. The average Bonchev–Trinajstić information content (AvgIpc) is 2.88. The number of nitrogens with zero attached hydrogens (tertiary/aromatic N) is 1. The minimum Gasteiger partial charge on any atom is -0.497 e. The number of imidazole rings is 1. The standard InChI is InChI=1S/C15H15N3O2/c1-19-12-6-7-13-14(8-12)18-15(17-13)9-20-11-4-2-10(16)3-5-11/h2-8H,9,16H2,1H3,(H,17,18). The van der Waals surface area contributed by atoms with Crippen molar-refractivity contribution >= 4 is 16.7 Å². The van der Waals surface area contributed by atoms with Crippen molar-refractivity contribution in [2.24, 2.45) is 0 Å². The molecule has 0 unspecified atom stereocenters. The first kappa shape index (κ1) is 12.3. The number of hydrogen-bond acceptors (Lipinski definition) is 4. The second-order valence-corrected chi connectivity index (χ2v) is 4.42. The molecule has 5 heteroatoms. The second kappa shape index (κ2) is 5.13. The van der Waals surface area contributed by atoms with Crippen molar-refractivity contribution in [3.05, 3.63) is 48.3 Å². The number of anilines is 1. The Bertz CT molecular complexity index is 720. The second-order valence-electron chi connectivity index (χ2n) is 4.42. The van der Waals surface area contributed by atoms with Gasteiger partial charge in [0.15, 0.2) is 0 Å². The lowest BCUT2D eigenvalue weighted by Gasteiger charge is -2.03. The van der Waals surface area contributed by atoms with Gasteiger partial charge in [-0.3, -0.25) is 0 Å². The highest BCUT2D eigenvalue weighted by Crippen LogP contribution is 2.20. The van der Waals surface area contributed by atoms with E-state index >= 15 is 0 Å². The first-order valence-electron chi connectivity index (χ1n) is 6.25. The van der Waals surface area contributed by atoms with Gasteiger partial charge in [-0.25, -0.2) is 4.98 Å². The smallest absolute Gasteiger partial charge is 0.146 e. The maximum Gasteiger partial charge on any atom is 0.146 e. The van der Waals surface area contributed by atoms with Crippen LogP contribution >= 0.6 is 0 Å². The number of fused-ring (bicyclic) bond motifs is 1. The van der Waals surface area contributed by atoms with Crippen molar-refractivity contribution in [2.45, 2.75) is 6.61 Å². The molecular formula is C15H15N3O2. The minimum absolute atomic E-state index is 0.376. The van der Waals surface area contributed by atoms with E-state index in [0.717, 1.165) is 28.4 Å². The van der Waals surface area contributed by atoms with Crippen molar-refractivity contribution in [3.63, 3.8) is 0 Å². The third kappa shape index (κ3) is 2.51. The van der Waals surface area contributed by atoms with Crippen LogP contribution in [0.3, 0.4) is 0 Å². The lowest BCUT2D eigenvalue weighted by atomic mass is 10.3. The summed E-state index contributed by atoms with van der Waals surface area (Å²) >= 11 is 0. The third-order valence-electron chi connectivity index (χ3n) is 2.99. The number of aromatic amines is 1. The largest absolute Gasteiger partial charge is 0.497 e. The number of benzene rings is 2. The number of methoxy groups -OCH3 is 1. The fourth-order valence-corrected chi connectivity index (χ4v) is 1.95. The van der Waals surface area contributed by atoms with Crippen molar-refractivity contribution < 1.29 is 9.47 Å². The summed E-state index contributed by atoms with van der Waals surface area (Å²) in [6, 6.07) is 13.0. The highest BCUT2D eigenvalue weighted by atomic mass is 16.5. The summed E-state index contributed by atoms with van der Waals surface area (Å²) in [5.74, 6) is 2.33. The highest BCUT2D eigenvalue weighted by molar-refractivity contribution is 5.76. The van der Waals surface area contributed by atoms with Crippen LogP contribution in [-0.4, -0.2) is 17.1 Å². The molecule has 0 aliphatic heterocycles. The first-order valence-corrected chi connectivity index (χ1v) is 6.25. The monoisotopic (exact) mass is 269 g/mol. The van der Waals surface area contributed by atoms with Gasteiger partial charge in [-0.1, -0.05) is 0 Å². The molecule has 0 amide bonds. The van der Waals surface area contributed by atoms with Gasteiger partial charge in [0, 0.05) is 11.8 Å². The Balaban J connectivity index is 1.75. The van der Waals surface area contributed by atoms with E-state index in [9.17, 15) is 0 Å². The van der Waals surface area contributed by atoms with Crippen molar-refractivity contribution in [2.75, 3.05) is 12.8 Å². The predicted molar refractivity (Wildman–Crippen MR) is 77.8 cm³/mol. The molecular weight excluding hydrogens is 254 g/mol. The first-order chi connectivity index (χ1) is 9.74. The molecule has 102 valence electrons. The summed E-state index contributed by atoms with van der Waals surface area (Å²) < 4.78 is 10.8. The molecule has 0 aliphatic carbocycles. The molecule has 0 spiro atoms. The fraction of sp³-hybridized carbons (Fsp3) is 0.133. The van der Waals surface area contributed by atoms with Crippen LogP contribution < -0.4 is 15.2 Å². The lowest BCUT2D eigenvalue weighted by molar-refractivity contribution is 0.297. The maximum absolute atomic E-state index is 5.65. The molecule has 3 rings (SSSR count). The number of nitrogens with one attached hydrogen (secondary N) is 1. The topological polar surface area (TPSA) is 73.2 Å². The molecule has 1 heterocycles. The molecule has 0 saturated carbocycles. The van der Waals surface area contributed by atoms with Gasteiger partial charge in [-0.2, -0.15) is 0 Å². The minimum atomic E-state index is 0.376. The summed E-state index contributed by atoms with van der Waals surface area (Å²) in [7, 11) is 1.64. The van der Waals surface area contributed by atoms with Crippen LogP contribution in [0.15, 0.2) is 42.5 Å². The number of nitrogens with two attached hydrogens (primary N) is 1. The molecule has 0 fully saturated rings. The van der Waals surface area contributed by atoms with Gasteiger partial charge >= 0.3 is 0 Å². The van der Waals surface area contributed by atoms with E-state index in [0.29, 0.717) is 12.3 Å². The third-order valence-corrected chi connectivity index (χ3v) is 2.99. The Hall–Kier alpha value is -2.69. The highest BCUT2D eigenvalue weighted by Gasteiger charge is 2.04. The number of ether oxygens (including phenoxy) is 2. The molecule has 0 aliphatic rings. The van der Waals surface area contributed by atoms with E-state index in [1.807, 2.05) is 30.3 Å². The zero-order chi connectivity index (χ0) is 13.9. The normalized spacial score (nSPS) is 10.7. The van der Waals surface area contributed by atoms with Crippen LogP contribution in [0.4, 0.5) is 5.69 Å². The molecule has 2 aromatic carbocycles. The Kier molecular flexibility index (Phi) is 3.16. The van der Waals surface area contributed by atoms with Gasteiger partial charge in [0.05, 0.1) is 18.1 Å². The molecule has 1 aromatic heterocycles. The Morgan fingerprint density at radius 1 is 1.10 bits per heavy atom. The Morgan fingerprint density at radius 2 is 1.85 bits per heavy atom. The van der Waals surface area contributed by atoms with Crippen LogP contribution in [0.5, 0.6) is 11.5 Å². The molecule has 3 aromatic rings. The molecule has 0 saturated heterocycles. The van der Waals surface area contributed by atoms with E-state index in [-0.39, 0.29) is 0 Å². The summed E-state index contributed by atoms with van der Waals surface area (Å²) in [4.78, 5) is 7.67. The van der Waals surface area contributed by atoms with E-state index in [4.69, 9.17) is 15.2 Å². The molecule has 3 N–H and O–H groups in total. The summed E-state index contributed by atoms with van der Waals surface area (Å²) in [5, 5.41) is 0. The van der Waals surface area contributed by atoms with E-state index in [1.165, 1.54) is 0 Å². The quantitative estimate of drug-likeness (QED) is 0.714. The van der Waals surface area contributed by atoms with Gasteiger partial charge in [-0.05, 0) is 36.4 Å². The fourth-order valence-electron chi connectivity index (χ4n) is 1.95. The van der Waals surface area contributed by atoms with Gasteiger partial charge in [0.1, 0.15) is 23.9 Å². The summed E-state index contributed by atoms with van der Waals surface area (Å²) in [5.41, 5.74) is 8.16. The van der Waals surface area contributed by atoms with Crippen LogP contribution in [0.1, 0.15) is 5.82 Å². The number of H-pyrrole nitrogens is 1. The van der Waals surface area contributed by atoms with Crippen LogP contribution in [-0.2, 0) is 6.61 Å². The summed E-state index contributed by atoms with van der Waals surface area (Å²) in [6.45, 7) is 0.376. The Morgan fingerprint density at radius 3 is 2.60 bits per heavy atom. The summed E-state index contributed by atoms with van der Waals surface area (Å²) in [6.07, 6.45) is 0. The lowest BCUT2D eigenvalue weighted by Crippen LogP contribution is -1.97. The molecule has 0 atom stereocenters. The van der Waals surface area contributed by atoms with E-state index in [1.54, 1.807) is 19.2 Å². The number of aromatic nitrogens is 2. The zero-order valence-corrected chi connectivity index (χ0v) is 11.1. The molecule has 20 heavy (non-hydrogen) atoms. The van der Waals surface area contributed by atoms with E-state index in [2.05, 4.69) is 9.97 Å². The van der Waals surface area contributed by atoms with Gasteiger partial charge in [0.2, 0.25) is 0 Å². The van der Waals surface area contributed by atoms with E-state index < -0.39 is 0 Å². The van der Waals surface area contributed by atoms with Crippen molar-refractivity contribution in [3.8, 4) is 11.5 Å². The Labute approximate surface area is 116 Å². The van der Waals surface area contributed by atoms with Gasteiger partial charge in [0.25, 0.3) is 0 Å². The molecule has 0 radical (unpaired) electrons. The number of hydrogen-bond donors (Lipinski definition) is 2. The zero-order valence-electron chi connectivity index (χ0n) is 11.1. The maximum atomic E-state index is 5.65. The number of nitrogen functional groups attached to an aromatic ring is 1. The molecule has 5 nitrogen and oxygen atoms in total.